The number of carbonyl (C=O) groups excluding carboxylic acids is 3. The summed E-state index contributed by atoms with van der Waals surface area (Å²) in [5.74, 6) is -1.39. The molecule has 3 saturated heterocycles. The molecule has 44 heavy (non-hydrogen) atoms. The zero-order valence-electron chi connectivity index (χ0n) is 25.5. The minimum absolute atomic E-state index is 0.0649. The highest BCUT2D eigenvalue weighted by molar-refractivity contribution is 6.05. The lowest BCUT2D eigenvalue weighted by atomic mass is 9.70. The summed E-state index contributed by atoms with van der Waals surface area (Å²) < 4.78 is 12.0. The molecule has 1 N–H and O–H groups in total. The van der Waals surface area contributed by atoms with Gasteiger partial charge >= 0.3 is 0 Å². The molecule has 3 aliphatic rings. The van der Waals surface area contributed by atoms with Crippen molar-refractivity contribution in [3.63, 3.8) is 0 Å². The normalized spacial score (nSPS) is 25.0. The summed E-state index contributed by atoms with van der Waals surface area (Å²) in [4.78, 5) is 48.4. The van der Waals surface area contributed by atoms with E-state index in [0.29, 0.717) is 63.2 Å². The number of hydrogen-bond acceptors (Lipinski definition) is 6. The van der Waals surface area contributed by atoms with Crippen LogP contribution < -0.4 is 9.64 Å². The third-order valence-electron chi connectivity index (χ3n) is 9.22. The lowest BCUT2D eigenvalue weighted by Gasteiger charge is -2.37. The van der Waals surface area contributed by atoms with E-state index in [-0.39, 0.29) is 30.9 Å². The fraction of sp³-hybridized carbons (Fsp3) is 0.457. The van der Waals surface area contributed by atoms with Gasteiger partial charge in [0.25, 0.3) is 5.91 Å². The molecule has 2 aromatic rings. The number of unbranched alkanes of at least 4 members (excludes halogenated alkanes) is 2. The van der Waals surface area contributed by atoms with Crippen molar-refractivity contribution in [1.29, 1.82) is 0 Å². The first-order chi connectivity index (χ1) is 21.4. The van der Waals surface area contributed by atoms with Crippen molar-refractivity contribution in [3.05, 3.63) is 85.5 Å². The zero-order chi connectivity index (χ0) is 31.3. The van der Waals surface area contributed by atoms with Gasteiger partial charge in [-0.15, -0.1) is 13.2 Å². The highest BCUT2D eigenvalue weighted by Gasteiger charge is 2.74. The molecule has 3 aliphatic heterocycles. The molecule has 234 valence electrons. The minimum Gasteiger partial charge on any atom is -0.497 e. The second kappa shape index (κ2) is 13.8. The first kappa shape index (κ1) is 31.5. The summed E-state index contributed by atoms with van der Waals surface area (Å²) in [7, 11) is 1.58. The second-order valence-corrected chi connectivity index (χ2v) is 11.8. The molecule has 0 saturated carbocycles. The number of amides is 3. The van der Waals surface area contributed by atoms with E-state index in [2.05, 4.69) is 13.2 Å². The van der Waals surface area contributed by atoms with E-state index in [4.69, 9.17) is 9.47 Å². The van der Waals surface area contributed by atoms with Gasteiger partial charge in [-0.2, -0.15) is 0 Å². The Hall–Kier alpha value is -3.95. The number of likely N-dealkylation sites (tertiary alicyclic amines) is 1. The van der Waals surface area contributed by atoms with Crippen LogP contribution in [0.2, 0.25) is 0 Å². The molecule has 2 unspecified atom stereocenters. The average molecular weight is 602 g/mol. The van der Waals surface area contributed by atoms with E-state index in [1.807, 2.05) is 42.5 Å². The van der Waals surface area contributed by atoms with Crippen LogP contribution in [-0.2, 0) is 25.7 Å². The Kier molecular flexibility index (Phi) is 9.86. The van der Waals surface area contributed by atoms with Crippen molar-refractivity contribution in [2.45, 2.75) is 56.4 Å². The summed E-state index contributed by atoms with van der Waals surface area (Å²) in [5, 5.41) is 9.33. The lowest BCUT2D eigenvalue weighted by Crippen LogP contribution is -2.56. The topological polar surface area (TPSA) is 99.6 Å². The van der Waals surface area contributed by atoms with E-state index >= 15 is 0 Å². The molecule has 0 aromatic heterocycles. The van der Waals surface area contributed by atoms with E-state index in [1.54, 1.807) is 46.1 Å². The van der Waals surface area contributed by atoms with Crippen LogP contribution in [0.4, 0.5) is 5.69 Å². The molecule has 5 atom stereocenters. The van der Waals surface area contributed by atoms with Gasteiger partial charge in [0, 0.05) is 38.5 Å². The number of aliphatic hydroxyl groups excluding tert-OH is 1. The van der Waals surface area contributed by atoms with Crippen molar-refractivity contribution in [1.82, 2.24) is 9.80 Å². The summed E-state index contributed by atoms with van der Waals surface area (Å²) >= 11 is 0. The van der Waals surface area contributed by atoms with Gasteiger partial charge in [0.05, 0.1) is 25.0 Å². The Morgan fingerprint density at radius 2 is 1.77 bits per heavy atom. The maximum absolute atomic E-state index is 14.6. The van der Waals surface area contributed by atoms with Crippen LogP contribution >= 0.6 is 0 Å². The van der Waals surface area contributed by atoms with Gasteiger partial charge in [-0.1, -0.05) is 42.5 Å². The van der Waals surface area contributed by atoms with Crippen molar-refractivity contribution < 1.29 is 29.0 Å². The number of aliphatic hydroxyl groups is 1. The van der Waals surface area contributed by atoms with E-state index in [1.165, 1.54) is 0 Å². The number of fused-ring (bicyclic) bond motifs is 1. The smallest absolute Gasteiger partial charge is 0.253 e. The van der Waals surface area contributed by atoms with E-state index in [9.17, 15) is 19.5 Å². The van der Waals surface area contributed by atoms with Crippen LogP contribution in [0.1, 0.15) is 37.7 Å². The molecule has 2 bridgehead atoms. The van der Waals surface area contributed by atoms with Gasteiger partial charge in [0.2, 0.25) is 11.8 Å². The number of anilines is 1. The molecule has 3 amide bonds. The molecule has 3 heterocycles. The minimum atomic E-state index is -1.10. The summed E-state index contributed by atoms with van der Waals surface area (Å²) in [5.41, 5.74) is 0.537. The Labute approximate surface area is 259 Å². The van der Waals surface area contributed by atoms with Gasteiger partial charge in [-0.25, -0.2) is 0 Å². The molecule has 0 aliphatic carbocycles. The van der Waals surface area contributed by atoms with Crippen LogP contribution in [0.25, 0.3) is 0 Å². The quantitative estimate of drug-likeness (QED) is 0.245. The SMILES string of the molecule is C=CCN(Cc1ccccc1)C(=O)[C@@H]1[C@@H]2CCC3(O2)C(C(=O)N(CC=C)c2ccc(OC)cc2)N(CCCCCO)C(=O)[C@H]13. The van der Waals surface area contributed by atoms with Crippen molar-refractivity contribution in [2.24, 2.45) is 11.8 Å². The number of rotatable bonds is 15. The highest BCUT2D eigenvalue weighted by Crippen LogP contribution is 2.59. The Morgan fingerprint density at radius 1 is 1.05 bits per heavy atom. The lowest BCUT2D eigenvalue weighted by molar-refractivity contribution is -0.145. The first-order valence-corrected chi connectivity index (χ1v) is 15.5. The van der Waals surface area contributed by atoms with Gasteiger partial charge in [-0.05, 0) is 61.9 Å². The van der Waals surface area contributed by atoms with Crippen molar-refractivity contribution in [2.75, 3.05) is 38.3 Å². The molecule has 9 nitrogen and oxygen atoms in total. The predicted molar refractivity (Wildman–Crippen MR) is 168 cm³/mol. The largest absolute Gasteiger partial charge is 0.497 e. The maximum Gasteiger partial charge on any atom is 0.253 e. The molecular formula is C35H43N3O6. The van der Waals surface area contributed by atoms with Gasteiger partial charge in [0.15, 0.2) is 0 Å². The van der Waals surface area contributed by atoms with Crippen LogP contribution in [0.15, 0.2) is 79.9 Å². The van der Waals surface area contributed by atoms with Gasteiger partial charge in [0.1, 0.15) is 17.4 Å². The Morgan fingerprint density at radius 3 is 2.43 bits per heavy atom. The van der Waals surface area contributed by atoms with Gasteiger partial charge < -0.3 is 29.3 Å². The molecule has 5 rings (SSSR count). The molecule has 3 fully saturated rings. The number of hydrogen-bond donors (Lipinski definition) is 1. The summed E-state index contributed by atoms with van der Waals surface area (Å²) in [6, 6.07) is 16.1. The zero-order valence-corrected chi connectivity index (χ0v) is 25.5. The average Bonchev–Trinajstić information content (AvgIpc) is 3.69. The summed E-state index contributed by atoms with van der Waals surface area (Å²) in [6.45, 7) is 9.12. The van der Waals surface area contributed by atoms with Gasteiger partial charge in [-0.3, -0.25) is 14.4 Å². The van der Waals surface area contributed by atoms with Crippen LogP contribution in [0.3, 0.4) is 0 Å². The Bertz CT molecular complexity index is 1350. The van der Waals surface area contributed by atoms with Crippen molar-refractivity contribution in [3.8, 4) is 5.75 Å². The van der Waals surface area contributed by atoms with Crippen LogP contribution in [-0.4, -0.2) is 83.7 Å². The van der Waals surface area contributed by atoms with E-state index < -0.39 is 29.6 Å². The number of ether oxygens (including phenoxy) is 2. The second-order valence-electron chi connectivity index (χ2n) is 11.8. The third kappa shape index (κ3) is 5.78. The fourth-order valence-corrected chi connectivity index (χ4v) is 7.29. The first-order valence-electron chi connectivity index (χ1n) is 15.5. The predicted octanol–water partition coefficient (Wildman–Crippen LogP) is 3.97. The Balaban J connectivity index is 1.50. The third-order valence-corrected chi connectivity index (χ3v) is 9.22. The number of methoxy groups -OCH3 is 1. The number of nitrogens with zero attached hydrogens (tertiary/aromatic N) is 3. The molecular weight excluding hydrogens is 558 g/mol. The van der Waals surface area contributed by atoms with Crippen LogP contribution in [0, 0.1) is 11.8 Å². The monoisotopic (exact) mass is 601 g/mol. The molecule has 0 radical (unpaired) electrons. The standard InChI is InChI=1S/C35H43N3O6/c1-4-20-36(24-25-12-8-6-9-13-25)32(40)29-28-18-19-35(44-28)30(29)33(41)38(22-10-7-11-23-39)31(35)34(42)37(21-5-2)26-14-16-27(43-3)17-15-26/h4-6,8-9,12-17,28-31,39H,1-2,7,10-11,18-24H2,3H3/t28-,29+,30-,31?,35?/m0/s1. The van der Waals surface area contributed by atoms with E-state index in [0.717, 1.165) is 5.56 Å². The summed E-state index contributed by atoms with van der Waals surface area (Å²) in [6.07, 6.45) is 5.98. The molecule has 2 aromatic carbocycles. The number of benzene rings is 2. The van der Waals surface area contributed by atoms with Crippen molar-refractivity contribution >= 4 is 23.4 Å². The molecule has 9 heteroatoms. The fourth-order valence-electron chi connectivity index (χ4n) is 7.29. The molecule has 1 spiro atoms. The number of carbonyl (C=O) groups is 3. The highest BCUT2D eigenvalue weighted by atomic mass is 16.5. The van der Waals surface area contributed by atoms with Crippen LogP contribution in [0.5, 0.6) is 5.75 Å². The maximum atomic E-state index is 14.6.